The Morgan fingerprint density at radius 2 is 1.71 bits per heavy atom. The maximum atomic E-state index is 12.1. The van der Waals surface area contributed by atoms with E-state index in [-0.39, 0.29) is 28.3 Å². The number of aromatic hydroxyl groups is 2. The lowest BCUT2D eigenvalue weighted by atomic mass is 10.1. The van der Waals surface area contributed by atoms with Crippen LogP contribution in [0.5, 0.6) is 11.5 Å². The molecule has 6 nitrogen and oxygen atoms in total. The molecule has 0 radical (unpaired) electrons. The molecular weight excluding hydrogens is 274 g/mol. The van der Waals surface area contributed by atoms with Crippen LogP contribution < -0.4 is 5.32 Å². The molecule has 0 saturated heterocycles. The number of hydrogen-bond acceptors (Lipinski definition) is 4. The number of carboxylic acid groups (broad SMARTS) is 1. The van der Waals surface area contributed by atoms with Crippen molar-refractivity contribution in [2.24, 2.45) is 0 Å². The van der Waals surface area contributed by atoms with Gasteiger partial charge in [-0.2, -0.15) is 0 Å². The predicted molar refractivity (Wildman–Crippen MR) is 75.9 cm³/mol. The second-order valence-electron chi connectivity index (χ2n) is 4.44. The van der Waals surface area contributed by atoms with E-state index in [1.54, 1.807) is 13.0 Å². The summed E-state index contributed by atoms with van der Waals surface area (Å²) in [6, 6.07) is 8.29. The van der Waals surface area contributed by atoms with Crippen molar-refractivity contribution in [1.82, 2.24) is 0 Å². The number of anilines is 1. The van der Waals surface area contributed by atoms with E-state index in [2.05, 4.69) is 5.32 Å². The Morgan fingerprint density at radius 3 is 2.38 bits per heavy atom. The average Bonchev–Trinajstić information content (AvgIpc) is 2.43. The largest absolute Gasteiger partial charge is 0.508 e. The summed E-state index contributed by atoms with van der Waals surface area (Å²) < 4.78 is 0. The van der Waals surface area contributed by atoms with Gasteiger partial charge in [0, 0.05) is 16.8 Å². The highest BCUT2D eigenvalue weighted by atomic mass is 16.4. The van der Waals surface area contributed by atoms with E-state index in [0.29, 0.717) is 5.56 Å². The van der Waals surface area contributed by atoms with Crippen molar-refractivity contribution in [2.45, 2.75) is 6.92 Å². The molecule has 0 heterocycles. The van der Waals surface area contributed by atoms with Gasteiger partial charge in [-0.1, -0.05) is 6.07 Å². The first-order chi connectivity index (χ1) is 9.90. The minimum absolute atomic E-state index is 0.000388. The normalized spacial score (nSPS) is 10.1. The van der Waals surface area contributed by atoms with E-state index in [4.69, 9.17) is 5.11 Å². The molecule has 0 aliphatic carbocycles. The van der Waals surface area contributed by atoms with Crippen LogP contribution in [0.25, 0.3) is 0 Å². The van der Waals surface area contributed by atoms with Crippen molar-refractivity contribution in [1.29, 1.82) is 0 Å². The fourth-order valence-corrected chi connectivity index (χ4v) is 1.85. The zero-order valence-electron chi connectivity index (χ0n) is 11.1. The summed E-state index contributed by atoms with van der Waals surface area (Å²) in [7, 11) is 0. The summed E-state index contributed by atoms with van der Waals surface area (Å²) in [5, 5.41) is 30.4. The number of carbonyl (C=O) groups excluding carboxylic acids is 1. The van der Waals surface area contributed by atoms with E-state index in [1.807, 2.05) is 0 Å². The molecule has 0 atom stereocenters. The fourth-order valence-electron chi connectivity index (χ4n) is 1.85. The van der Waals surface area contributed by atoms with Crippen LogP contribution in [-0.4, -0.2) is 27.2 Å². The number of amides is 1. The van der Waals surface area contributed by atoms with Crippen molar-refractivity contribution in [3.63, 3.8) is 0 Å². The van der Waals surface area contributed by atoms with Gasteiger partial charge in [0.1, 0.15) is 17.1 Å². The lowest BCUT2D eigenvalue weighted by molar-refractivity contribution is 0.0693. The highest BCUT2D eigenvalue weighted by Gasteiger charge is 2.14. The number of aromatic carboxylic acids is 1. The highest BCUT2D eigenvalue weighted by molar-refractivity contribution is 6.06. The summed E-state index contributed by atoms with van der Waals surface area (Å²) in [5.74, 6) is -2.16. The number of phenolic OH excluding ortho intramolecular Hbond substituents is 1. The van der Waals surface area contributed by atoms with Gasteiger partial charge in [0.05, 0.1) is 0 Å². The number of benzene rings is 2. The molecule has 0 saturated carbocycles. The SMILES string of the molecule is Cc1c(O)cccc1C(=O)Nc1ccc(O)c(C(=O)O)c1. The van der Waals surface area contributed by atoms with Crippen molar-refractivity contribution in [3.8, 4) is 11.5 Å². The molecule has 6 heteroatoms. The molecule has 4 N–H and O–H groups in total. The van der Waals surface area contributed by atoms with Crippen LogP contribution in [0.3, 0.4) is 0 Å². The van der Waals surface area contributed by atoms with E-state index in [1.165, 1.54) is 24.3 Å². The quantitative estimate of drug-likeness (QED) is 0.648. The van der Waals surface area contributed by atoms with Crippen LogP contribution in [0.4, 0.5) is 5.69 Å². The van der Waals surface area contributed by atoms with Crippen LogP contribution in [0.1, 0.15) is 26.3 Å². The molecule has 2 rings (SSSR count). The summed E-state index contributed by atoms with van der Waals surface area (Å²) >= 11 is 0. The molecule has 108 valence electrons. The van der Waals surface area contributed by atoms with Gasteiger partial charge in [-0.15, -0.1) is 0 Å². The average molecular weight is 287 g/mol. The third-order valence-corrected chi connectivity index (χ3v) is 3.03. The highest BCUT2D eigenvalue weighted by Crippen LogP contribution is 2.24. The van der Waals surface area contributed by atoms with E-state index < -0.39 is 11.9 Å². The maximum Gasteiger partial charge on any atom is 0.339 e. The second kappa shape index (κ2) is 5.54. The Labute approximate surface area is 120 Å². The Balaban J connectivity index is 2.30. The zero-order chi connectivity index (χ0) is 15.6. The number of rotatable bonds is 3. The molecule has 0 aliphatic heterocycles. The Hall–Kier alpha value is -3.02. The first-order valence-corrected chi connectivity index (χ1v) is 6.06. The van der Waals surface area contributed by atoms with Crippen molar-refractivity contribution in [2.75, 3.05) is 5.32 Å². The molecule has 21 heavy (non-hydrogen) atoms. The summed E-state index contributed by atoms with van der Waals surface area (Å²) in [6.45, 7) is 1.60. The number of phenols is 2. The van der Waals surface area contributed by atoms with Crippen LogP contribution in [0.15, 0.2) is 36.4 Å². The van der Waals surface area contributed by atoms with Gasteiger partial charge < -0.3 is 20.6 Å². The van der Waals surface area contributed by atoms with Crippen LogP contribution in [0.2, 0.25) is 0 Å². The molecule has 0 spiro atoms. The van der Waals surface area contributed by atoms with Crippen LogP contribution >= 0.6 is 0 Å². The molecule has 1 amide bonds. The molecule has 0 aromatic heterocycles. The number of carboxylic acids is 1. The first kappa shape index (κ1) is 14.4. The molecule has 2 aromatic carbocycles. The van der Waals surface area contributed by atoms with Gasteiger partial charge in [-0.05, 0) is 37.3 Å². The van der Waals surface area contributed by atoms with Gasteiger partial charge in [-0.25, -0.2) is 4.79 Å². The molecule has 2 aromatic rings. The fraction of sp³-hybridized carbons (Fsp3) is 0.0667. The van der Waals surface area contributed by atoms with Gasteiger partial charge in [-0.3, -0.25) is 4.79 Å². The topological polar surface area (TPSA) is 107 Å². The first-order valence-electron chi connectivity index (χ1n) is 6.06. The number of nitrogens with one attached hydrogen (secondary N) is 1. The van der Waals surface area contributed by atoms with Gasteiger partial charge in [0.25, 0.3) is 5.91 Å². The van der Waals surface area contributed by atoms with Crippen molar-refractivity contribution < 1.29 is 24.9 Å². The number of carbonyl (C=O) groups is 2. The van der Waals surface area contributed by atoms with Gasteiger partial charge >= 0.3 is 5.97 Å². The Kier molecular flexibility index (Phi) is 3.80. The summed E-state index contributed by atoms with van der Waals surface area (Å²) in [4.78, 5) is 23.0. The molecule has 0 unspecified atom stereocenters. The van der Waals surface area contributed by atoms with Crippen LogP contribution in [-0.2, 0) is 0 Å². The summed E-state index contributed by atoms with van der Waals surface area (Å²) in [5.41, 5.74) is 0.630. The summed E-state index contributed by atoms with van der Waals surface area (Å²) in [6.07, 6.45) is 0. The van der Waals surface area contributed by atoms with E-state index in [9.17, 15) is 19.8 Å². The Bertz CT molecular complexity index is 724. The van der Waals surface area contributed by atoms with E-state index >= 15 is 0 Å². The van der Waals surface area contributed by atoms with Crippen LogP contribution in [0, 0.1) is 6.92 Å². The molecule has 0 aliphatic rings. The lowest BCUT2D eigenvalue weighted by Gasteiger charge is -2.10. The van der Waals surface area contributed by atoms with Crippen molar-refractivity contribution in [3.05, 3.63) is 53.1 Å². The zero-order valence-corrected chi connectivity index (χ0v) is 11.1. The van der Waals surface area contributed by atoms with E-state index in [0.717, 1.165) is 6.07 Å². The standard InChI is InChI=1S/C15H13NO5/c1-8-10(3-2-4-12(8)17)14(19)16-9-5-6-13(18)11(7-9)15(20)21/h2-7,17-18H,1H3,(H,16,19)(H,20,21). The number of hydrogen-bond donors (Lipinski definition) is 4. The monoisotopic (exact) mass is 287 g/mol. The Morgan fingerprint density at radius 1 is 1.00 bits per heavy atom. The smallest absolute Gasteiger partial charge is 0.339 e. The van der Waals surface area contributed by atoms with Crippen molar-refractivity contribution >= 4 is 17.6 Å². The lowest BCUT2D eigenvalue weighted by Crippen LogP contribution is -2.13. The maximum absolute atomic E-state index is 12.1. The molecular formula is C15H13NO5. The minimum Gasteiger partial charge on any atom is -0.508 e. The molecule has 0 fully saturated rings. The van der Waals surface area contributed by atoms with Gasteiger partial charge in [0.2, 0.25) is 0 Å². The predicted octanol–water partition coefficient (Wildman–Crippen LogP) is 2.36. The molecule has 0 bridgehead atoms. The minimum atomic E-state index is -1.29. The third-order valence-electron chi connectivity index (χ3n) is 3.03. The second-order valence-corrected chi connectivity index (χ2v) is 4.44. The third kappa shape index (κ3) is 2.94. The van der Waals surface area contributed by atoms with Gasteiger partial charge in [0.15, 0.2) is 0 Å².